The monoisotopic (exact) mass is 356 g/mol. The Labute approximate surface area is 145 Å². The standard InChI is InChI=1S/C15H16F2N2O2S.C2H6/c1-9-18-15(13-4-11(19-20)2-3-14(13)17)5-12(6-16)21-7-10(15)8-22-9;1-2/h2-4,10,12H,5-8H2,1H3;1-2H3. The fourth-order valence-corrected chi connectivity index (χ4v) is 4.25. The Bertz CT molecular complexity index is 627. The second-order valence-electron chi connectivity index (χ2n) is 5.63. The van der Waals surface area contributed by atoms with Gasteiger partial charge in [-0.05, 0) is 30.3 Å². The van der Waals surface area contributed by atoms with Crippen molar-refractivity contribution in [2.24, 2.45) is 16.1 Å². The molecule has 2 aliphatic heterocycles. The lowest BCUT2D eigenvalue weighted by atomic mass is 9.73. The summed E-state index contributed by atoms with van der Waals surface area (Å²) in [5.41, 5.74) is -0.412. The first-order valence-electron chi connectivity index (χ1n) is 8.09. The average molecular weight is 356 g/mol. The van der Waals surface area contributed by atoms with Gasteiger partial charge < -0.3 is 4.74 Å². The third-order valence-electron chi connectivity index (χ3n) is 4.29. The van der Waals surface area contributed by atoms with E-state index in [0.717, 1.165) is 10.8 Å². The van der Waals surface area contributed by atoms with Crippen molar-refractivity contribution in [1.82, 2.24) is 0 Å². The molecule has 2 heterocycles. The highest BCUT2D eigenvalue weighted by Crippen LogP contribution is 2.48. The second kappa shape index (κ2) is 8.16. The molecule has 0 spiro atoms. The number of nitrogens with zero attached hydrogens (tertiary/aromatic N) is 2. The number of thioether (sulfide) groups is 1. The molecular formula is C17H22F2N2O2S. The predicted octanol–water partition coefficient (Wildman–Crippen LogP) is 4.98. The molecule has 1 aromatic rings. The molecule has 24 heavy (non-hydrogen) atoms. The highest BCUT2D eigenvalue weighted by atomic mass is 32.2. The third kappa shape index (κ3) is 3.52. The van der Waals surface area contributed by atoms with E-state index in [1.165, 1.54) is 18.2 Å². The van der Waals surface area contributed by atoms with E-state index in [0.29, 0.717) is 12.2 Å². The Morgan fingerprint density at radius 3 is 2.88 bits per heavy atom. The Morgan fingerprint density at radius 1 is 1.46 bits per heavy atom. The Hall–Kier alpha value is -1.34. The Balaban J connectivity index is 0.00000100. The van der Waals surface area contributed by atoms with Gasteiger partial charge in [-0.3, -0.25) is 4.99 Å². The molecule has 7 heteroatoms. The molecule has 3 atom stereocenters. The third-order valence-corrected chi connectivity index (χ3v) is 5.37. The second-order valence-corrected chi connectivity index (χ2v) is 6.85. The molecule has 1 aromatic carbocycles. The molecule has 132 valence electrons. The van der Waals surface area contributed by atoms with Crippen molar-refractivity contribution in [1.29, 1.82) is 0 Å². The molecule has 0 radical (unpaired) electrons. The summed E-state index contributed by atoms with van der Waals surface area (Å²) in [4.78, 5) is 15.5. The van der Waals surface area contributed by atoms with Crippen LogP contribution in [0.3, 0.4) is 0 Å². The van der Waals surface area contributed by atoms with Crippen LogP contribution in [0.15, 0.2) is 28.4 Å². The summed E-state index contributed by atoms with van der Waals surface area (Å²) in [6, 6.07) is 3.99. The van der Waals surface area contributed by atoms with E-state index in [-0.39, 0.29) is 18.0 Å². The lowest BCUT2D eigenvalue weighted by Crippen LogP contribution is -2.49. The molecule has 4 nitrogen and oxygen atoms in total. The number of aliphatic imine (C=N–C) groups is 1. The van der Waals surface area contributed by atoms with Crippen molar-refractivity contribution < 1.29 is 13.5 Å². The summed E-state index contributed by atoms with van der Waals surface area (Å²) in [5, 5.41) is 3.72. The van der Waals surface area contributed by atoms with Crippen LogP contribution < -0.4 is 0 Å². The molecule has 0 amide bonds. The van der Waals surface area contributed by atoms with Gasteiger partial charge in [0.15, 0.2) is 0 Å². The molecular weight excluding hydrogens is 334 g/mol. The minimum Gasteiger partial charge on any atom is -0.375 e. The SMILES string of the molecule is CC.CC1=NC2(c3cc(N=O)ccc3F)CC(CF)OCC2CS1. The van der Waals surface area contributed by atoms with Gasteiger partial charge in [0.2, 0.25) is 0 Å². The lowest BCUT2D eigenvalue weighted by molar-refractivity contribution is -0.0620. The van der Waals surface area contributed by atoms with Gasteiger partial charge in [0, 0.05) is 23.7 Å². The van der Waals surface area contributed by atoms with Crippen molar-refractivity contribution >= 4 is 22.5 Å². The maximum Gasteiger partial charge on any atom is 0.129 e. The zero-order chi connectivity index (χ0) is 17.7. The Kier molecular flexibility index (Phi) is 6.46. The number of rotatable bonds is 3. The predicted molar refractivity (Wildman–Crippen MR) is 94.3 cm³/mol. The molecule has 0 bridgehead atoms. The van der Waals surface area contributed by atoms with Crippen LogP contribution in [0.5, 0.6) is 0 Å². The summed E-state index contributed by atoms with van der Waals surface area (Å²) in [6.45, 7) is 5.56. The minimum atomic E-state index is -0.880. The number of hydrogen-bond acceptors (Lipinski definition) is 5. The van der Waals surface area contributed by atoms with Crippen LogP contribution in [-0.2, 0) is 10.3 Å². The van der Waals surface area contributed by atoms with Crippen LogP contribution in [0.2, 0.25) is 0 Å². The quantitative estimate of drug-likeness (QED) is 0.717. The van der Waals surface area contributed by atoms with Crippen LogP contribution in [0.1, 0.15) is 32.8 Å². The van der Waals surface area contributed by atoms with Gasteiger partial charge in [0.25, 0.3) is 0 Å². The minimum absolute atomic E-state index is 0.0552. The van der Waals surface area contributed by atoms with Gasteiger partial charge >= 0.3 is 0 Å². The number of benzene rings is 1. The Morgan fingerprint density at radius 2 is 2.21 bits per heavy atom. The van der Waals surface area contributed by atoms with E-state index in [4.69, 9.17) is 4.74 Å². The van der Waals surface area contributed by atoms with Crippen LogP contribution >= 0.6 is 11.8 Å². The highest BCUT2D eigenvalue weighted by Gasteiger charge is 2.49. The molecule has 0 N–H and O–H groups in total. The van der Waals surface area contributed by atoms with Gasteiger partial charge in [0.05, 0.1) is 23.3 Å². The smallest absolute Gasteiger partial charge is 0.129 e. The van der Waals surface area contributed by atoms with E-state index in [1.54, 1.807) is 11.8 Å². The lowest BCUT2D eigenvalue weighted by Gasteiger charge is -2.46. The highest BCUT2D eigenvalue weighted by molar-refractivity contribution is 8.13. The van der Waals surface area contributed by atoms with Crippen molar-refractivity contribution in [3.05, 3.63) is 34.5 Å². The summed E-state index contributed by atoms with van der Waals surface area (Å²) < 4.78 is 33.1. The summed E-state index contributed by atoms with van der Waals surface area (Å²) in [5.74, 6) is 0.229. The molecule has 1 fully saturated rings. The molecule has 3 rings (SSSR count). The molecule has 1 saturated heterocycles. The summed E-state index contributed by atoms with van der Waals surface area (Å²) in [7, 11) is 0. The number of hydrogen-bond donors (Lipinski definition) is 0. The number of ether oxygens (including phenoxy) is 1. The molecule has 0 saturated carbocycles. The van der Waals surface area contributed by atoms with Crippen LogP contribution in [0.25, 0.3) is 0 Å². The van der Waals surface area contributed by atoms with E-state index < -0.39 is 24.1 Å². The first-order valence-corrected chi connectivity index (χ1v) is 9.08. The van der Waals surface area contributed by atoms with Crippen molar-refractivity contribution in [2.45, 2.75) is 38.8 Å². The average Bonchev–Trinajstić information content (AvgIpc) is 2.62. The van der Waals surface area contributed by atoms with Crippen LogP contribution in [-0.4, -0.2) is 30.2 Å². The van der Waals surface area contributed by atoms with E-state index >= 15 is 0 Å². The van der Waals surface area contributed by atoms with E-state index in [9.17, 15) is 13.7 Å². The largest absolute Gasteiger partial charge is 0.375 e. The number of nitroso groups, excluding NO2 is 1. The summed E-state index contributed by atoms with van der Waals surface area (Å²) in [6.07, 6.45) is -0.339. The van der Waals surface area contributed by atoms with Gasteiger partial charge in [-0.15, -0.1) is 16.7 Å². The zero-order valence-electron chi connectivity index (χ0n) is 14.1. The normalized spacial score (nSPS) is 29.0. The molecule has 3 unspecified atom stereocenters. The van der Waals surface area contributed by atoms with E-state index in [2.05, 4.69) is 10.2 Å². The van der Waals surface area contributed by atoms with E-state index in [1.807, 2.05) is 20.8 Å². The first kappa shape index (κ1) is 19.0. The fraction of sp³-hybridized carbons (Fsp3) is 0.588. The van der Waals surface area contributed by atoms with Crippen molar-refractivity contribution in [3.63, 3.8) is 0 Å². The van der Waals surface area contributed by atoms with Crippen molar-refractivity contribution in [2.75, 3.05) is 19.0 Å². The maximum atomic E-state index is 14.5. The fourth-order valence-electron chi connectivity index (χ4n) is 3.21. The molecule has 2 aliphatic rings. The number of halogens is 2. The van der Waals surface area contributed by atoms with Crippen LogP contribution in [0, 0.1) is 16.6 Å². The van der Waals surface area contributed by atoms with Crippen LogP contribution in [0.4, 0.5) is 14.5 Å². The zero-order valence-corrected chi connectivity index (χ0v) is 14.9. The topological polar surface area (TPSA) is 51.0 Å². The number of alkyl halides is 1. The number of fused-ring (bicyclic) bond motifs is 1. The summed E-state index contributed by atoms with van der Waals surface area (Å²) >= 11 is 1.59. The first-order chi connectivity index (χ1) is 11.6. The van der Waals surface area contributed by atoms with Gasteiger partial charge in [-0.25, -0.2) is 8.78 Å². The van der Waals surface area contributed by atoms with Gasteiger partial charge in [-0.1, -0.05) is 13.8 Å². The molecule has 0 aliphatic carbocycles. The van der Waals surface area contributed by atoms with Gasteiger partial charge in [-0.2, -0.15) is 0 Å². The molecule has 0 aromatic heterocycles. The maximum absolute atomic E-state index is 14.5. The van der Waals surface area contributed by atoms with Crippen molar-refractivity contribution in [3.8, 4) is 0 Å². The van der Waals surface area contributed by atoms with Gasteiger partial charge in [0.1, 0.15) is 18.2 Å².